The molecule has 0 fully saturated rings. The van der Waals surface area contributed by atoms with Crippen LogP contribution in [-0.4, -0.2) is 66.8 Å². The van der Waals surface area contributed by atoms with Gasteiger partial charge in [-0.3, -0.25) is 14.4 Å². The number of carboxylic acids is 1. The Morgan fingerprint density at radius 2 is 0.775 bits per heavy atom. The molecule has 8 aromatic rings. The Balaban J connectivity index is 0.000000200. The second kappa shape index (κ2) is 25.0. The zero-order chi connectivity index (χ0) is 50.9. The molecule has 71 heavy (non-hydrogen) atoms. The van der Waals surface area contributed by atoms with Gasteiger partial charge in [0, 0.05) is 29.8 Å². The van der Waals surface area contributed by atoms with Gasteiger partial charge in [0.2, 0.25) is 0 Å². The van der Waals surface area contributed by atoms with Gasteiger partial charge in [0.1, 0.15) is 11.6 Å². The Bertz CT molecular complexity index is 3040. The summed E-state index contributed by atoms with van der Waals surface area (Å²) in [6.07, 6.45) is 0. The van der Waals surface area contributed by atoms with Crippen molar-refractivity contribution < 1.29 is 33.1 Å². The number of hydrogen-bond donors (Lipinski definition) is 5. The third-order valence-electron chi connectivity index (χ3n) is 10.7. The molecule has 0 saturated carbocycles. The van der Waals surface area contributed by atoms with E-state index in [1.807, 2.05) is 156 Å². The molecule has 6 N–H and O–H groups in total. The largest absolute Gasteiger partial charge is 0.478 e. The van der Waals surface area contributed by atoms with E-state index in [2.05, 4.69) is 25.8 Å². The molecule has 8 aromatic carbocycles. The van der Waals surface area contributed by atoms with Crippen LogP contribution in [-0.2, 0) is 13.1 Å². The fourth-order valence-electron chi connectivity index (χ4n) is 7.07. The van der Waals surface area contributed by atoms with Gasteiger partial charge in [0.15, 0.2) is 0 Å². The molecular weight excluding hydrogens is 899 g/mol. The van der Waals surface area contributed by atoms with Crippen LogP contribution in [0.25, 0.3) is 22.3 Å². The van der Waals surface area contributed by atoms with E-state index >= 15 is 0 Å². The highest BCUT2D eigenvalue weighted by atomic mass is 19.1. The second-order valence-electron chi connectivity index (χ2n) is 16.8. The summed E-state index contributed by atoms with van der Waals surface area (Å²) in [6, 6.07) is 55.9. The number of nitrogens with one attached hydrogen (secondary N) is 3. The number of amides is 3. The Hall–Kier alpha value is -8.78. The van der Waals surface area contributed by atoms with Crippen LogP contribution in [0.3, 0.4) is 0 Å². The molecule has 0 atom stereocenters. The van der Waals surface area contributed by atoms with Crippen molar-refractivity contribution in [2.45, 2.75) is 13.1 Å². The van der Waals surface area contributed by atoms with Crippen LogP contribution in [0.4, 0.5) is 31.5 Å². The van der Waals surface area contributed by atoms with Crippen LogP contribution in [0.15, 0.2) is 194 Å². The summed E-state index contributed by atoms with van der Waals surface area (Å²) in [5.41, 5.74) is 15.9. The minimum Gasteiger partial charge on any atom is -0.478 e. The molecule has 3 amide bonds. The molecule has 8 rings (SSSR count). The van der Waals surface area contributed by atoms with E-state index < -0.39 is 23.5 Å². The monoisotopic (exact) mass is 952 g/mol. The number of nitrogens with zero attached hydrogens (tertiary/aromatic N) is 2. The average Bonchev–Trinajstić information content (AvgIpc) is 3.36. The van der Waals surface area contributed by atoms with Crippen molar-refractivity contribution in [2.24, 2.45) is 0 Å². The van der Waals surface area contributed by atoms with Gasteiger partial charge < -0.3 is 36.6 Å². The maximum Gasteiger partial charge on any atom is 0.335 e. The lowest BCUT2D eigenvalue weighted by atomic mass is 10.0. The van der Waals surface area contributed by atoms with E-state index in [4.69, 9.17) is 10.8 Å². The Labute approximate surface area is 412 Å². The van der Waals surface area contributed by atoms with Crippen molar-refractivity contribution in [3.05, 3.63) is 239 Å². The van der Waals surface area contributed by atoms with Crippen LogP contribution < -0.4 is 21.7 Å². The lowest BCUT2D eigenvalue weighted by molar-refractivity contribution is 0.0696. The van der Waals surface area contributed by atoms with E-state index in [9.17, 15) is 28.0 Å². The van der Waals surface area contributed by atoms with Crippen molar-refractivity contribution >= 4 is 46.4 Å². The molecule has 0 spiro atoms. The zero-order valence-corrected chi connectivity index (χ0v) is 39.7. The number of carboxylic acid groups (broad SMARTS) is 1. The van der Waals surface area contributed by atoms with E-state index in [1.165, 1.54) is 36.4 Å². The first kappa shape index (κ1) is 51.6. The summed E-state index contributed by atoms with van der Waals surface area (Å²) < 4.78 is 25.4. The van der Waals surface area contributed by atoms with Crippen molar-refractivity contribution in [3.63, 3.8) is 0 Å². The molecule has 360 valence electrons. The zero-order valence-electron chi connectivity index (χ0n) is 39.7. The molecule has 11 nitrogen and oxygen atoms in total. The predicted octanol–water partition coefficient (Wildman–Crippen LogP) is 11.8. The summed E-state index contributed by atoms with van der Waals surface area (Å²) in [6.45, 7) is 1.62. The number of hydrogen-bond acceptors (Lipinski definition) is 7. The SMILES string of the molecule is CN(C)Cc1ccc(C(=O)Nc2cc(-c3ccccc3)ccc2N)cc1.CN(C)Cc1ccc(C(=O)Nc2cc(-c3ccccc3)ccc2NC(=O)c2ccc([19F])cc2)cc1.O=C(O)c1ccc([19F])cc1. The number of carbonyl (C=O) groups excluding carboxylic acids is 3. The normalized spacial score (nSPS) is 10.5. The number of nitrogens with two attached hydrogens (primary N) is 1. The van der Waals surface area contributed by atoms with Gasteiger partial charge in [-0.05, 0) is 159 Å². The van der Waals surface area contributed by atoms with Crippen LogP contribution in [0.5, 0.6) is 0 Å². The third kappa shape index (κ3) is 15.6. The fourth-order valence-corrected chi connectivity index (χ4v) is 7.07. The highest BCUT2D eigenvalue weighted by Gasteiger charge is 2.15. The summed E-state index contributed by atoms with van der Waals surface area (Å²) in [5.74, 6) is -2.74. The van der Waals surface area contributed by atoms with E-state index in [0.29, 0.717) is 39.4 Å². The molecule has 0 bridgehead atoms. The van der Waals surface area contributed by atoms with Gasteiger partial charge in [-0.25, -0.2) is 13.6 Å². The minimum absolute atomic E-state index is 0.0985. The lowest BCUT2D eigenvalue weighted by Crippen LogP contribution is -2.17. The summed E-state index contributed by atoms with van der Waals surface area (Å²) in [5, 5.41) is 17.0. The average molecular weight is 953 g/mol. The van der Waals surface area contributed by atoms with Gasteiger partial charge in [0.25, 0.3) is 17.7 Å². The Morgan fingerprint density at radius 3 is 1.18 bits per heavy atom. The van der Waals surface area contributed by atoms with Gasteiger partial charge in [-0.15, -0.1) is 0 Å². The molecule has 0 aliphatic rings. The molecular formula is C58H54F2N6O5. The second-order valence-corrected chi connectivity index (χ2v) is 16.8. The molecule has 0 aromatic heterocycles. The van der Waals surface area contributed by atoms with Crippen molar-refractivity contribution in [1.29, 1.82) is 0 Å². The van der Waals surface area contributed by atoms with E-state index in [0.717, 1.165) is 58.6 Å². The molecule has 0 aliphatic carbocycles. The first-order chi connectivity index (χ1) is 34.1. The maximum atomic E-state index is 13.3. The summed E-state index contributed by atoms with van der Waals surface area (Å²) >= 11 is 0. The molecule has 0 radical (unpaired) electrons. The maximum absolute atomic E-state index is 13.3. The molecule has 0 unspecified atom stereocenters. The van der Waals surface area contributed by atoms with Crippen LogP contribution in [0.2, 0.25) is 0 Å². The van der Waals surface area contributed by atoms with Crippen LogP contribution in [0.1, 0.15) is 52.6 Å². The molecule has 13 heteroatoms. The van der Waals surface area contributed by atoms with Gasteiger partial charge in [-0.1, -0.05) is 97.1 Å². The number of rotatable bonds is 13. The van der Waals surface area contributed by atoms with Crippen LogP contribution >= 0.6 is 0 Å². The van der Waals surface area contributed by atoms with Crippen molar-refractivity contribution in [3.8, 4) is 22.3 Å². The first-order valence-corrected chi connectivity index (χ1v) is 22.4. The number of nitrogen functional groups attached to an aromatic ring is 1. The van der Waals surface area contributed by atoms with Crippen molar-refractivity contribution in [2.75, 3.05) is 49.9 Å². The van der Waals surface area contributed by atoms with Crippen molar-refractivity contribution in [1.82, 2.24) is 9.80 Å². The van der Waals surface area contributed by atoms with E-state index in [1.54, 1.807) is 18.2 Å². The topological polar surface area (TPSA) is 157 Å². The Kier molecular flexibility index (Phi) is 18.2. The standard InChI is InChI=1S/C29H26FN3O2.C22H23N3O.C7H5FO2/c1-33(2)19-20-8-10-22(11-9-20)29(35)32-27-18-24(21-6-4-3-5-7-21)14-17-26(27)31-28(34)23-12-15-25(30)16-13-23;1-25(2)15-16-8-10-18(11-9-16)22(26)24-21-14-19(12-13-20(21)23)17-6-4-3-5-7-17;8-6-3-1-5(2-4-6)7(9)10/h3-18H,19H2,1-2H3,(H,31,34)(H,32,35);3-14H,15,23H2,1-2H3,(H,24,26);1-4H,(H,9,10)/i30+0;;8+0. The number of benzene rings is 8. The first-order valence-electron chi connectivity index (χ1n) is 22.4. The third-order valence-corrected chi connectivity index (χ3v) is 10.7. The number of anilines is 4. The number of halogens is 2. The molecule has 0 aliphatic heterocycles. The van der Waals surface area contributed by atoms with Gasteiger partial charge in [-0.2, -0.15) is 0 Å². The van der Waals surface area contributed by atoms with Crippen LogP contribution in [0, 0.1) is 11.6 Å². The predicted molar refractivity (Wildman–Crippen MR) is 279 cm³/mol. The Morgan fingerprint density at radius 1 is 0.423 bits per heavy atom. The van der Waals surface area contributed by atoms with E-state index in [-0.39, 0.29) is 17.4 Å². The minimum atomic E-state index is -1.04. The fraction of sp³-hybridized carbons (Fsp3) is 0.103. The highest BCUT2D eigenvalue weighted by molar-refractivity contribution is 6.10. The lowest BCUT2D eigenvalue weighted by Gasteiger charge is -2.15. The highest BCUT2D eigenvalue weighted by Crippen LogP contribution is 2.31. The van der Waals surface area contributed by atoms with Gasteiger partial charge >= 0.3 is 5.97 Å². The molecule has 0 saturated heterocycles. The number of aromatic carboxylic acids is 1. The smallest absolute Gasteiger partial charge is 0.335 e. The number of carbonyl (C=O) groups is 4. The van der Waals surface area contributed by atoms with Gasteiger partial charge in [0.05, 0.1) is 28.3 Å². The summed E-state index contributed by atoms with van der Waals surface area (Å²) in [4.78, 5) is 52.7. The quantitative estimate of drug-likeness (QED) is 0.0715. The summed E-state index contributed by atoms with van der Waals surface area (Å²) in [7, 11) is 8.01. The molecule has 0 heterocycles.